The summed E-state index contributed by atoms with van der Waals surface area (Å²) in [5.74, 6) is -0.103. The molecule has 198 valence electrons. The first-order chi connectivity index (χ1) is 18.3. The zero-order valence-electron chi connectivity index (χ0n) is 20.9. The zero-order valence-corrected chi connectivity index (χ0v) is 20.9. The molecule has 0 saturated carbocycles. The molecule has 4 rings (SSSR count). The number of methoxy groups -OCH3 is 1. The standard InChI is InChI=1S/C28H27F3N4O3/c1-3-24(19-7-5-4-6-8-19)26(36)32-22-13-15-23(16-14-22)35-25(33-27(34-35)38-18-17-37-2)20-9-11-21(12-10-20)28(29,30)31/h4-16,24H,3,17-18H2,1-2H3,(H,32,36). The van der Waals surface area contributed by atoms with Crippen molar-refractivity contribution in [1.82, 2.24) is 14.8 Å². The van der Waals surface area contributed by atoms with E-state index in [-0.39, 0.29) is 24.4 Å². The summed E-state index contributed by atoms with van der Waals surface area (Å²) >= 11 is 0. The van der Waals surface area contributed by atoms with E-state index in [1.165, 1.54) is 23.9 Å². The van der Waals surface area contributed by atoms with Crippen LogP contribution in [0.3, 0.4) is 0 Å². The van der Waals surface area contributed by atoms with Gasteiger partial charge < -0.3 is 14.8 Å². The molecular formula is C28H27F3N4O3. The third-order valence-electron chi connectivity index (χ3n) is 5.88. The molecule has 1 aromatic heterocycles. The van der Waals surface area contributed by atoms with Gasteiger partial charge in [-0.2, -0.15) is 18.2 Å². The first-order valence-electron chi connectivity index (χ1n) is 12.0. The van der Waals surface area contributed by atoms with Gasteiger partial charge in [0.05, 0.1) is 23.8 Å². The van der Waals surface area contributed by atoms with Gasteiger partial charge in [0.15, 0.2) is 5.82 Å². The fraction of sp³-hybridized carbons (Fsp3) is 0.250. The Morgan fingerprint density at radius 1 is 0.974 bits per heavy atom. The van der Waals surface area contributed by atoms with Crippen molar-refractivity contribution < 1.29 is 27.4 Å². The summed E-state index contributed by atoms with van der Waals surface area (Å²) in [7, 11) is 1.53. The number of halogens is 3. The Labute approximate surface area is 218 Å². The number of anilines is 1. The lowest BCUT2D eigenvalue weighted by atomic mass is 9.95. The van der Waals surface area contributed by atoms with Crippen LogP contribution in [0.15, 0.2) is 78.9 Å². The van der Waals surface area contributed by atoms with Crippen molar-refractivity contribution in [3.8, 4) is 23.1 Å². The van der Waals surface area contributed by atoms with Crippen LogP contribution in [0.4, 0.5) is 18.9 Å². The van der Waals surface area contributed by atoms with Crippen LogP contribution in [0.1, 0.15) is 30.4 Å². The molecule has 10 heteroatoms. The largest absolute Gasteiger partial charge is 0.460 e. The fourth-order valence-electron chi connectivity index (χ4n) is 3.92. The highest BCUT2D eigenvalue weighted by Gasteiger charge is 2.30. The first kappa shape index (κ1) is 26.9. The first-order valence-corrected chi connectivity index (χ1v) is 12.0. The lowest BCUT2D eigenvalue weighted by molar-refractivity contribution is -0.137. The molecule has 0 aliphatic heterocycles. The smallest absolute Gasteiger partial charge is 0.416 e. The number of hydrogen-bond donors (Lipinski definition) is 1. The molecule has 7 nitrogen and oxygen atoms in total. The second kappa shape index (κ2) is 11.9. The maximum atomic E-state index is 13.0. The van der Waals surface area contributed by atoms with Crippen molar-refractivity contribution in [2.24, 2.45) is 0 Å². The number of alkyl halides is 3. The van der Waals surface area contributed by atoms with Gasteiger partial charge in [-0.3, -0.25) is 4.79 Å². The Balaban J connectivity index is 1.59. The summed E-state index contributed by atoms with van der Waals surface area (Å²) in [5, 5.41) is 7.34. The number of carbonyl (C=O) groups is 1. The van der Waals surface area contributed by atoms with Crippen LogP contribution >= 0.6 is 0 Å². The van der Waals surface area contributed by atoms with Crippen LogP contribution in [0, 0.1) is 0 Å². The molecule has 1 unspecified atom stereocenters. The van der Waals surface area contributed by atoms with Gasteiger partial charge in [0, 0.05) is 18.4 Å². The molecule has 0 saturated heterocycles. The molecule has 0 fully saturated rings. The van der Waals surface area contributed by atoms with Crippen molar-refractivity contribution >= 4 is 11.6 Å². The normalized spacial score (nSPS) is 12.2. The van der Waals surface area contributed by atoms with Crippen molar-refractivity contribution in [3.05, 3.63) is 90.0 Å². The van der Waals surface area contributed by atoms with Gasteiger partial charge in [0.2, 0.25) is 5.91 Å². The molecule has 1 N–H and O–H groups in total. The van der Waals surface area contributed by atoms with E-state index in [0.717, 1.165) is 17.7 Å². The summed E-state index contributed by atoms with van der Waals surface area (Å²) in [6, 6.07) is 21.2. The number of aromatic nitrogens is 3. The molecule has 1 heterocycles. The predicted molar refractivity (Wildman–Crippen MR) is 137 cm³/mol. The second-order valence-corrected chi connectivity index (χ2v) is 8.45. The van der Waals surface area contributed by atoms with Gasteiger partial charge >= 0.3 is 12.2 Å². The molecule has 38 heavy (non-hydrogen) atoms. The zero-order chi connectivity index (χ0) is 27.1. The number of amides is 1. The van der Waals surface area contributed by atoms with Gasteiger partial charge in [-0.1, -0.05) is 49.4 Å². The number of nitrogens with one attached hydrogen (secondary N) is 1. The number of nitrogens with zero attached hydrogens (tertiary/aromatic N) is 3. The van der Waals surface area contributed by atoms with Gasteiger partial charge in [0.25, 0.3) is 0 Å². The average molecular weight is 525 g/mol. The minimum Gasteiger partial charge on any atom is -0.460 e. The molecule has 4 aromatic rings. The highest BCUT2D eigenvalue weighted by atomic mass is 19.4. The number of rotatable bonds is 10. The number of ether oxygens (including phenoxy) is 2. The Bertz CT molecular complexity index is 1340. The SMILES string of the molecule is CCC(C(=O)Nc1ccc(-n2nc(OCCOC)nc2-c2ccc(C(F)(F)F)cc2)cc1)c1ccccc1. The summed E-state index contributed by atoms with van der Waals surface area (Å²) in [5.41, 5.74) is 1.79. The van der Waals surface area contributed by atoms with Crippen molar-refractivity contribution in [2.75, 3.05) is 25.6 Å². The summed E-state index contributed by atoms with van der Waals surface area (Å²) in [6.45, 7) is 2.48. The maximum Gasteiger partial charge on any atom is 0.416 e. The van der Waals surface area contributed by atoms with E-state index in [1.807, 2.05) is 37.3 Å². The molecule has 1 atom stereocenters. The van der Waals surface area contributed by atoms with Gasteiger partial charge in [-0.05, 0) is 48.4 Å². The van der Waals surface area contributed by atoms with E-state index < -0.39 is 11.7 Å². The predicted octanol–water partition coefficient (Wildman–Crippen LogP) is 6.11. The van der Waals surface area contributed by atoms with E-state index in [0.29, 0.717) is 35.8 Å². The molecule has 0 radical (unpaired) electrons. The lowest BCUT2D eigenvalue weighted by Gasteiger charge is -2.15. The van der Waals surface area contributed by atoms with Crippen molar-refractivity contribution in [3.63, 3.8) is 0 Å². The summed E-state index contributed by atoms with van der Waals surface area (Å²) in [4.78, 5) is 17.3. The monoisotopic (exact) mass is 524 g/mol. The molecule has 3 aromatic carbocycles. The minimum atomic E-state index is -4.45. The molecule has 1 amide bonds. The Morgan fingerprint density at radius 2 is 1.66 bits per heavy atom. The van der Waals surface area contributed by atoms with Gasteiger partial charge in [-0.25, -0.2) is 4.68 Å². The van der Waals surface area contributed by atoms with Crippen molar-refractivity contribution in [2.45, 2.75) is 25.4 Å². The van der Waals surface area contributed by atoms with Crippen LogP contribution < -0.4 is 10.1 Å². The van der Waals surface area contributed by atoms with Crippen LogP contribution in [-0.2, 0) is 15.7 Å². The minimum absolute atomic E-state index is 0.0583. The molecule has 0 bridgehead atoms. The Kier molecular flexibility index (Phi) is 8.42. The average Bonchev–Trinajstić information content (AvgIpc) is 3.34. The number of hydrogen-bond acceptors (Lipinski definition) is 5. The molecule has 0 aliphatic rings. The van der Waals surface area contributed by atoms with E-state index in [1.54, 1.807) is 24.3 Å². The summed E-state index contributed by atoms with van der Waals surface area (Å²) < 4.78 is 51.1. The molecular weight excluding hydrogens is 497 g/mol. The second-order valence-electron chi connectivity index (χ2n) is 8.45. The third-order valence-corrected chi connectivity index (χ3v) is 5.88. The highest BCUT2D eigenvalue weighted by molar-refractivity contribution is 5.95. The van der Waals surface area contributed by atoms with E-state index >= 15 is 0 Å². The Morgan fingerprint density at radius 3 is 2.26 bits per heavy atom. The van der Waals surface area contributed by atoms with Crippen LogP contribution in [0.25, 0.3) is 17.1 Å². The van der Waals surface area contributed by atoms with Gasteiger partial charge in [0.1, 0.15) is 6.61 Å². The van der Waals surface area contributed by atoms with Crippen LogP contribution in [0.2, 0.25) is 0 Å². The van der Waals surface area contributed by atoms with Gasteiger partial charge in [-0.15, -0.1) is 5.10 Å². The van der Waals surface area contributed by atoms with E-state index in [2.05, 4.69) is 15.4 Å². The number of benzene rings is 3. The maximum absolute atomic E-state index is 13.0. The van der Waals surface area contributed by atoms with Crippen LogP contribution in [0.5, 0.6) is 6.01 Å². The lowest BCUT2D eigenvalue weighted by Crippen LogP contribution is -2.20. The van der Waals surface area contributed by atoms with E-state index in [4.69, 9.17) is 9.47 Å². The molecule has 0 spiro atoms. The third kappa shape index (κ3) is 6.38. The van der Waals surface area contributed by atoms with E-state index in [9.17, 15) is 18.0 Å². The summed E-state index contributed by atoms with van der Waals surface area (Å²) in [6.07, 6.45) is -3.80. The highest BCUT2D eigenvalue weighted by Crippen LogP contribution is 2.32. The van der Waals surface area contributed by atoms with Crippen molar-refractivity contribution in [1.29, 1.82) is 0 Å². The Hall–Kier alpha value is -4.18. The number of carbonyl (C=O) groups excluding carboxylic acids is 1. The fourth-order valence-corrected chi connectivity index (χ4v) is 3.92. The topological polar surface area (TPSA) is 78.3 Å². The quantitative estimate of drug-likeness (QED) is 0.253. The molecule has 0 aliphatic carbocycles. The van der Waals surface area contributed by atoms with Crippen LogP contribution in [-0.4, -0.2) is 41.0 Å².